The average molecular weight is 515 g/mol. The minimum atomic E-state index is -0.0301. The van der Waals surface area contributed by atoms with Crippen LogP contribution in [0.1, 0.15) is 17.7 Å². The van der Waals surface area contributed by atoms with Crippen molar-refractivity contribution in [3.8, 4) is 11.8 Å². The summed E-state index contributed by atoms with van der Waals surface area (Å²) in [6, 6.07) is 12.2. The topological polar surface area (TPSA) is 94.1 Å². The third-order valence-electron chi connectivity index (χ3n) is 7.86. The lowest BCUT2D eigenvalue weighted by Gasteiger charge is -2.38. The minimum absolute atomic E-state index is 0.0301. The SMILES string of the molecule is C=CC(=O)N1CCN(c2nc(OC[C@@H]3CCNC3)nc3c2CCN(c2cc(O)cc4ccccc24)C3)CC1. The number of hydrogen-bond acceptors (Lipinski definition) is 8. The fourth-order valence-electron chi connectivity index (χ4n) is 5.77. The fourth-order valence-corrected chi connectivity index (χ4v) is 5.77. The molecule has 0 saturated carbocycles. The molecule has 4 heterocycles. The summed E-state index contributed by atoms with van der Waals surface area (Å²) in [6.07, 6.45) is 3.26. The normalized spacial score (nSPS) is 19.5. The molecule has 6 rings (SSSR count). The third kappa shape index (κ3) is 4.86. The van der Waals surface area contributed by atoms with E-state index in [-0.39, 0.29) is 11.7 Å². The number of nitrogens with one attached hydrogen (secondary N) is 1. The molecule has 2 N–H and O–H groups in total. The number of aromatic nitrogens is 2. The number of phenolic OH excluding ortho intramolecular Hbond substituents is 1. The molecule has 198 valence electrons. The van der Waals surface area contributed by atoms with Crippen molar-refractivity contribution in [3.05, 3.63) is 60.3 Å². The highest BCUT2D eigenvalue weighted by Gasteiger charge is 2.29. The number of fused-ring (bicyclic) bond motifs is 2. The van der Waals surface area contributed by atoms with E-state index in [1.807, 2.05) is 29.2 Å². The number of carbonyl (C=O) groups is 1. The molecule has 0 aliphatic carbocycles. The first-order valence-electron chi connectivity index (χ1n) is 13.5. The molecule has 9 heteroatoms. The molecule has 0 radical (unpaired) electrons. The van der Waals surface area contributed by atoms with E-state index in [0.717, 1.165) is 66.0 Å². The van der Waals surface area contributed by atoms with Gasteiger partial charge in [0.1, 0.15) is 11.6 Å². The maximum absolute atomic E-state index is 12.1. The molecule has 1 amide bonds. The first kappa shape index (κ1) is 24.5. The van der Waals surface area contributed by atoms with Crippen LogP contribution >= 0.6 is 0 Å². The molecule has 2 saturated heterocycles. The summed E-state index contributed by atoms with van der Waals surface area (Å²) in [5.74, 6) is 1.61. The zero-order chi connectivity index (χ0) is 26.1. The van der Waals surface area contributed by atoms with Crippen LogP contribution in [0.5, 0.6) is 11.8 Å². The third-order valence-corrected chi connectivity index (χ3v) is 7.86. The molecule has 1 aromatic heterocycles. The van der Waals surface area contributed by atoms with Gasteiger partial charge >= 0.3 is 6.01 Å². The quantitative estimate of drug-likeness (QED) is 0.485. The number of ether oxygens (including phenoxy) is 1. The number of piperazine rings is 1. The summed E-state index contributed by atoms with van der Waals surface area (Å²) in [7, 11) is 0. The molecule has 3 aliphatic heterocycles. The Bertz CT molecular complexity index is 1350. The molecular weight excluding hydrogens is 480 g/mol. The minimum Gasteiger partial charge on any atom is -0.508 e. The standard InChI is InChI=1S/C29H34N6O3/c1-2-27(37)33-11-13-34(14-12-33)28-24-8-10-35(26-16-22(36)15-21-5-3-4-6-23(21)26)18-25(24)31-29(32-28)38-19-20-7-9-30-17-20/h2-6,15-16,20,30,36H,1,7-14,17-19H2/t20-/m1/s1. The Balaban J connectivity index is 1.31. The van der Waals surface area contributed by atoms with Gasteiger partial charge in [0.25, 0.3) is 0 Å². The molecular formula is C29H34N6O3. The van der Waals surface area contributed by atoms with Crippen molar-refractivity contribution in [3.63, 3.8) is 0 Å². The maximum Gasteiger partial charge on any atom is 0.318 e. The summed E-state index contributed by atoms with van der Waals surface area (Å²) in [5.41, 5.74) is 3.10. The first-order valence-corrected chi connectivity index (χ1v) is 13.5. The molecule has 3 aromatic rings. The van der Waals surface area contributed by atoms with Crippen LogP contribution in [0.3, 0.4) is 0 Å². The van der Waals surface area contributed by atoms with Crippen molar-refractivity contribution >= 4 is 28.2 Å². The monoisotopic (exact) mass is 514 g/mol. The number of aromatic hydroxyl groups is 1. The molecule has 2 fully saturated rings. The molecule has 38 heavy (non-hydrogen) atoms. The Hall–Kier alpha value is -3.85. The van der Waals surface area contributed by atoms with Crippen molar-refractivity contribution in [2.45, 2.75) is 19.4 Å². The predicted molar refractivity (Wildman–Crippen MR) is 148 cm³/mol. The van der Waals surface area contributed by atoms with Gasteiger partial charge in [-0.2, -0.15) is 9.97 Å². The highest BCUT2D eigenvalue weighted by Crippen LogP contribution is 2.36. The summed E-state index contributed by atoms with van der Waals surface area (Å²) in [4.78, 5) is 28.3. The second kappa shape index (κ2) is 10.5. The molecule has 0 unspecified atom stereocenters. The van der Waals surface area contributed by atoms with Gasteiger partial charge in [-0.3, -0.25) is 4.79 Å². The lowest BCUT2D eigenvalue weighted by molar-refractivity contribution is -0.126. The lowest BCUT2D eigenvalue weighted by atomic mass is 10.0. The van der Waals surface area contributed by atoms with Gasteiger partial charge in [-0.05, 0) is 36.9 Å². The fraction of sp³-hybridized carbons (Fsp3) is 0.414. The zero-order valence-electron chi connectivity index (χ0n) is 21.6. The van der Waals surface area contributed by atoms with E-state index < -0.39 is 0 Å². The van der Waals surface area contributed by atoms with Crippen LogP contribution in [0.4, 0.5) is 11.5 Å². The predicted octanol–water partition coefficient (Wildman–Crippen LogP) is 2.72. The number of carbonyl (C=O) groups excluding carboxylic acids is 1. The van der Waals surface area contributed by atoms with Crippen molar-refractivity contribution in [2.75, 3.05) is 62.2 Å². The lowest BCUT2D eigenvalue weighted by Crippen LogP contribution is -2.49. The van der Waals surface area contributed by atoms with Crippen LogP contribution in [-0.4, -0.2) is 78.3 Å². The average Bonchev–Trinajstić information content (AvgIpc) is 3.48. The van der Waals surface area contributed by atoms with E-state index in [1.165, 1.54) is 6.08 Å². The Morgan fingerprint density at radius 2 is 1.97 bits per heavy atom. The van der Waals surface area contributed by atoms with Crippen LogP contribution in [0.25, 0.3) is 10.8 Å². The van der Waals surface area contributed by atoms with Gasteiger partial charge in [-0.25, -0.2) is 0 Å². The van der Waals surface area contributed by atoms with E-state index >= 15 is 0 Å². The van der Waals surface area contributed by atoms with E-state index in [0.29, 0.717) is 51.3 Å². The number of phenols is 1. The van der Waals surface area contributed by atoms with E-state index in [1.54, 1.807) is 6.07 Å². The number of benzene rings is 2. The van der Waals surface area contributed by atoms with Gasteiger partial charge in [-0.1, -0.05) is 30.8 Å². The molecule has 1 atom stereocenters. The van der Waals surface area contributed by atoms with E-state index in [4.69, 9.17) is 14.7 Å². The van der Waals surface area contributed by atoms with Crippen molar-refractivity contribution in [1.29, 1.82) is 0 Å². The van der Waals surface area contributed by atoms with Crippen molar-refractivity contribution in [2.24, 2.45) is 5.92 Å². The second-order valence-electron chi connectivity index (χ2n) is 10.3. The van der Waals surface area contributed by atoms with Crippen molar-refractivity contribution < 1.29 is 14.6 Å². The zero-order valence-corrected chi connectivity index (χ0v) is 21.6. The van der Waals surface area contributed by atoms with Crippen LogP contribution in [0.15, 0.2) is 49.1 Å². The van der Waals surface area contributed by atoms with Crippen LogP contribution in [-0.2, 0) is 17.8 Å². The van der Waals surface area contributed by atoms with Gasteiger partial charge < -0.3 is 29.9 Å². The Morgan fingerprint density at radius 1 is 1.13 bits per heavy atom. The highest BCUT2D eigenvalue weighted by molar-refractivity contribution is 5.95. The number of nitrogens with zero attached hydrogens (tertiary/aromatic N) is 5. The van der Waals surface area contributed by atoms with Gasteiger partial charge in [0.15, 0.2) is 0 Å². The van der Waals surface area contributed by atoms with Gasteiger partial charge in [0.05, 0.1) is 18.8 Å². The molecule has 3 aliphatic rings. The smallest absolute Gasteiger partial charge is 0.318 e. The molecule has 0 bridgehead atoms. The number of hydrogen-bond donors (Lipinski definition) is 2. The van der Waals surface area contributed by atoms with Crippen LogP contribution in [0, 0.1) is 5.92 Å². The number of amides is 1. The van der Waals surface area contributed by atoms with Crippen LogP contribution in [0.2, 0.25) is 0 Å². The largest absolute Gasteiger partial charge is 0.508 e. The van der Waals surface area contributed by atoms with E-state index in [9.17, 15) is 9.90 Å². The van der Waals surface area contributed by atoms with Gasteiger partial charge in [0.2, 0.25) is 5.91 Å². The summed E-state index contributed by atoms with van der Waals surface area (Å²) in [6.45, 7) is 10.3. The highest BCUT2D eigenvalue weighted by atomic mass is 16.5. The summed E-state index contributed by atoms with van der Waals surface area (Å²) < 4.78 is 6.17. The Kier molecular flexibility index (Phi) is 6.76. The number of rotatable bonds is 6. The van der Waals surface area contributed by atoms with Crippen LogP contribution < -0.4 is 19.9 Å². The van der Waals surface area contributed by atoms with Crippen molar-refractivity contribution in [1.82, 2.24) is 20.2 Å². The number of anilines is 2. The second-order valence-corrected chi connectivity index (χ2v) is 10.3. The molecule has 2 aromatic carbocycles. The summed E-state index contributed by atoms with van der Waals surface area (Å²) in [5, 5.41) is 15.9. The molecule has 0 spiro atoms. The first-order chi connectivity index (χ1) is 18.6. The molecule has 9 nitrogen and oxygen atoms in total. The van der Waals surface area contributed by atoms with E-state index in [2.05, 4.69) is 27.8 Å². The van der Waals surface area contributed by atoms with Gasteiger partial charge in [0, 0.05) is 67.9 Å². The Labute approximate surface area is 222 Å². The Morgan fingerprint density at radius 3 is 2.76 bits per heavy atom. The van der Waals surface area contributed by atoms with Gasteiger partial charge in [-0.15, -0.1) is 0 Å². The maximum atomic E-state index is 12.1. The summed E-state index contributed by atoms with van der Waals surface area (Å²) >= 11 is 0.